The van der Waals surface area contributed by atoms with E-state index in [0.29, 0.717) is 12.4 Å². The first-order valence-corrected chi connectivity index (χ1v) is 8.88. The Morgan fingerprint density at radius 3 is 2.37 bits per heavy atom. The highest BCUT2D eigenvalue weighted by atomic mass is 16.3. The third kappa shape index (κ3) is 4.20. The van der Waals surface area contributed by atoms with Gasteiger partial charge in [0.05, 0.1) is 12.6 Å². The van der Waals surface area contributed by atoms with Crippen LogP contribution in [0.4, 0.5) is 0 Å². The Morgan fingerprint density at radius 1 is 1.11 bits per heavy atom. The van der Waals surface area contributed by atoms with Crippen LogP contribution in [0.3, 0.4) is 0 Å². The molecule has 1 amide bonds. The summed E-state index contributed by atoms with van der Waals surface area (Å²) in [7, 11) is 0. The number of rotatable bonds is 8. The number of aromatic nitrogens is 4. The van der Waals surface area contributed by atoms with Gasteiger partial charge in [0.15, 0.2) is 0 Å². The van der Waals surface area contributed by atoms with Crippen molar-refractivity contribution in [1.82, 2.24) is 25.5 Å². The molecule has 7 heteroatoms. The van der Waals surface area contributed by atoms with Gasteiger partial charge in [0.25, 0.3) is 0 Å². The van der Waals surface area contributed by atoms with Gasteiger partial charge in [0, 0.05) is 12.1 Å². The molecular weight excluding hydrogens is 342 g/mol. The number of aromatic amines is 1. The van der Waals surface area contributed by atoms with E-state index in [0.717, 1.165) is 28.7 Å². The van der Waals surface area contributed by atoms with E-state index in [4.69, 9.17) is 0 Å². The van der Waals surface area contributed by atoms with Crippen LogP contribution in [0, 0.1) is 5.92 Å². The molecule has 0 aliphatic heterocycles. The summed E-state index contributed by atoms with van der Waals surface area (Å²) in [6, 6.07) is 15.7. The number of carbonyl (C=O) groups is 1. The molecule has 2 aromatic carbocycles. The van der Waals surface area contributed by atoms with Crippen LogP contribution in [0.25, 0.3) is 22.5 Å². The average molecular weight is 365 g/mol. The maximum absolute atomic E-state index is 11.5. The molecule has 3 aromatic rings. The molecule has 27 heavy (non-hydrogen) atoms. The number of tetrazole rings is 1. The van der Waals surface area contributed by atoms with E-state index >= 15 is 0 Å². The number of nitrogens with zero attached hydrogens (tertiary/aromatic N) is 4. The second-order valence-corrected chi connectivity index (χ2v) is 6.75. The summed E-state index contributed by atoms with van der Waals surface area (Å²) in [6.07, 6.45) is 0.806. The second-order valence-electron chi connectivity index (χ2n) is 6.75. The van der Waals surface area contributed by atoms with Gasteiger partial charge in [-0.25, -0.2) is 0 Å². The van der Waals surface area contributed by atoms with Gasteiger partial charge in [-0.2, -0.15) is 5.21 Å². The van der Waals surface area contributed by atoms with Crippen LogP contribution in [0.2, 0.25) is 0 Å². The SMILES string of the molecule is CC(C)C(CO)N(C=O)Cc1ccc(-c2ccccc2-c2nn[nH]n2)cc1. The van der Waals surface area contributed by atoms with Crippen molar-refractivity contribution in [3.05, 3.63) is 54.1 Å². The number of hydrogen-bond donors (Lipinski definition) is 2. The predicted molar refractivity (Wildman–Crippen MR) is 102 cm³/mol. The van der Waals surface area contributed by atoms with Crippen LogP contribution in [-0.2, 0) is 11.3 Å². The zero-order valence-corrected chi connectivity index (χ0v) is 15.4. The molecule has 0 aliphatic carbocycles. The standard InChI is InChI=1S/C20H23N5O2/c1-14(2)19(12-26)25(13-27)11-15-7-9-16(10-8-15)17-5-3-4-6-18(17)20-21-23-24-22-20/h3-10,13-14,19,26H,11-12H2,1-2H3,(H,21,22,23,24). The largest absolute Gasteiger partial charge is 0.394 e. The molecule has 0 radical (unpaired) electrons. The third-order valence-electron chi connectivity index (χ3n) is 4.66. The second kappa shape index (κ2) is 8.55. The minimum atomic E-state index is -0.193. The van der Waals surface area contributed by atoms with Crippen LogP contribution in [0.1, 0.15) is 19.4 Å². The van der Waals surface area contributed by atoms with Crippen molar-refractivity contribution in [2.24, 2.45) is 5.92 Å². The maximum Gasteiger partial charge on any atom is 0.210 e. The topological polar surface area (TPSA) is 95.0 Å². The Morgan fingerprint density at radius 2 is 1.81 bits per heavy atom. The van der Waals surface area contributed by atoms with Crippen molar-refractivity contribution < 1.29 is 9.90 Å². The zero-order chi connectivity index (χ0) is 19.2. The van der Waals surface area contributed by atoms with Gasteiger partial charge < -0.3 is 10.0 Å². The molecule has 0 aliphatic rings. The van der Waals surface area contributed by atoms with Gasteiger partial charge in [0.1, 0.15) is 0 Å². The highest BCUT2D eigenvalue weighted by Crippen LogP contribution is 2.29. The van der Waals surface area contributed by atoms with Crippen molar-refractivity contribution in [2.45, 2.75) is 26.4 Å². The molecule has 1 atom stereocenters. The third-order valence-corrected chi connectivity index (χ3v) is 4.66. The summed E-state index contributed by atoms with van der Waals surface area (Å²) in [5.41, 5.74) is 3.93. The van der Waals surface area contributed by atoms with Gasteiger partial charge in [-0.05, 0) is 27.8 Å². The van der Waals surface area contributed by atoms with E-state index in [1.54, 1.807) is 4.90 Å². The molecular formula is C20H23N5O2. The Bertz CT molecular complexity index is 862. The first-order valence-electron chi connectivity index (χ1n) is 8.88. The van der Waals surface area contributed by atoms with Crippen molar-refractivity contribution in [1.29, 1.82) is 0 Å². The minimum Gasteiger partial charge on any atom is -0.394 e. The quantitative estimate of drug-likeness (QED) is 0.598. The lowest BCUT2D eigenvalue weighted by atomic mass is 9.98. The van der Waals surface area contributed by atoms with Gasteiger partial charge in [-0.15, -0.1) is 10.2 Å². The lowest BCUT2D eigenvalue weighted by molar-refractivity contribution is -0.122. The van der Waals surface area contributed by atoms with Crippen molar-refractivity contribution in [3.8, 4) is 22.5 Å². The average Bonchev–Trinajstić information content (AvgIpc) is 3.23. The summed E-state index contributed by atoms with van der Waals surface area (Å²) in [4.78, 5) is 13.1. The van der Waals surface area contributed by atoms with Gasteiger partial charge in [-0.3, -0.25) is 4.79 Å². The summed E-state index contributed by atoms with van der Waals surface area (Å²) < 4.78 is 0. The molecule has 0 saturated carbocycles. The molecule has 0 spiro atoms. The van der Waals surface area contributed by atoms with E-state index in [1.807, 2.05) is 62.4 Å². The van der Waals surface area contributed by atoms with Crippen LogP contribution in [-0.4, -0.2) is 49.7 Å². The monoisotopic (exact) mass is 365 g/mol. The maximum atomic E-state index is 11.5. The molecule has 0 bridgehead atoms. The fourth-order valence-corrected chi connectivity index (χ4v) is 3.14. The molecule has 0 fully saturated rings. The first-order chi connectivity index (χ1) is 13.1. The number of nitrogens with one attached hydrogen (secondary N) is 1. The Kier molecular flexibility index (Phi) is 5.93. The number of amides is 1. The van der Waals surface area contributed by atoms with E-state index < -0.39 is 0 Å². The van der Waals surface area contributed by atoms with Crippen molar-refractivity contribution in [3.63, 3.8) is 0 Å². The number of carbonyl (C=O) groups excluding carboxylic acids is 1. The normalized spacial score (nSPS) is 12.1. The predicted octanol–water partition coefficient (Wildman–Crippen LogP) is 2.51. The molecule has 2 N–H and O–H groups in total. The van der Waals surface area contributed by atoms with Crippen LogP contribution in [0.15, 0.2) is 48.5 Å². The van der Waals surface area contributed by atoms with E-state index in [-0.39, 0.29) is 18.6 Å². The zero-order valence-electron chi connectivity index (χ0n) is 15.4. The molecule has 1 unspecified atom stereocenters. The minimum absolute atomic E-state index is 0.0490. The molecule has 140 valence electrons. The molecule has 0 saturated heterocycles. The van der Waals surface area contributed by atoms with Gasteiger partial charge in [0.2, 0.25) is 12.2 Å². The fraction of sp³-hybridized carbons (Fsp3) is 0.300. The number of aliphatic hydroxyl groups excluding tert-OH is 1. The van der Waals surface area contributed by atoms with E-state index in [2.05, 4.69) is 20.6 Å². The number of aliphatic hydroxyl groups is 1. The Labute approximate surface area is 158 Å². The van der Waals surface area contributed by atoms with Crippen LogP contribution < -0.4 is 0 Å². The van der Waals surface area contributed by atoms with Crippen LogP contribution in [0.5, 0.6) is 0 Å². The lowest BCUT2D eigenvalue weighted by Crippen LogP contribution is -2.40. The van der Waals surface area contributed by atoms with Crippen molar-refractivity contribution in [2.75, 3.05) is 6.61 Å². The number of H-pyrrole nitrogens is 1. The Balaban J connectivity index is 1.83. The fourth-order valence-electron chi connectivity index (χ4n) is 3.14. The van der Waals surface area contributed by atoms with Gasteiger partial charge >= 0.3 is 0 Å². The molecule has 3 rings (SSSR count). The molecule has 7 nitrogen and oxygen atoms in total. The Hall–Kier alpha value is -3.06. The summed E-state index contributed by atoms with van der Waals surface area (Å²) in [5.74, 6) is 0.728. The molecule has 1 aromatic heterocycles. The first kappa shape index (κ1) is 18.7. The van der Waals surface area contributed by atoms with Crippen LogP contribution >= 0.6 is 0 Å². The number of benzene rings is 2. The van der Waals surface area contributed by atoms with Crippen molar-refractivity contribution >= 4 is 6.41 Å². The smallest absolute Gasteiger partial charge is 0.210 e. The summed E-state index contributed by atoms with van der Waals surface area (Å²) in [5, 5.41) is 23.8. The van der Waals surface area contributed by atoms with E-state index in [9.17, 15) is 9.90 Å². The lowest BCUT2D eigenvalue weighted by Gasteiger charge is -2.30. The van der Waals surface area contributed by atoms with Gasteiger partial charge in [-0.1, -0.05) is 62.4 Å². The highest BCUT2D eigenvalue weighted by Gasteiger charge is 2.20. The highest BCUT2D eigenvalue weighted by molar-refractivity contribution is 5.80. The molecule has 1 heterocycles. The van der Waals surface area contributed by atoms with E-state index in [1.165, 1.54) is 0 Å². The summed E-state index contributed by atoms with van der Waals surface area (Å²) >= 11 is 0. The number of hydrogen-bond acceptors (Lipinski definition) is 5. The summed E-state index contributed by atoms with van der Waals surface area (Å²) in [6.45, 7) is 4.40.